The average molecular weight is 446 g/mol. The Hall–Kier alpha value is -4.04. The van der Waals surface area contributed by atoms with E-state index in [0.717, 1.165) is 5.56 Å². The first kappa shape index (κ1) is 23.6. The largest absolute Gasteiger partial charge is 0.478 e. The molecule has 170 valence electrons. The predicted octanol–water partition coefficient (Wildman–Crippen LogP) is 3.16. The summed E-state index contributed by atoms with van der Waals surface area (Å²) in [6.07, 6.45) is 3.16. The molecule has 1 unspecified atom stereocenters. The number of carboxylic acid groups (broad SMARTS) is 1. The van der Waals surface area contributed by atoms with Crippen LogP contribution in [0.1, 0.15) is 57.3 Å². The van der Waals surface area contributed by atoms with Crippen LogP contribution in [-0.2, 0) is 0 Å². The van der Waals surface area contributed by atoms with Crippen LogP contribution in [0.3, 0.4) is 0 Å². The third-order valence-electron chi connectivity index (χ3n) is 5.24. The highest BCUT2D eigenvalue weighted by molar-refractivity contribution is 6.01. The number of nitrogens with two attached hydrogens (primary N) is 2. The first-order valence-electron chi connectivity index (χ1n) is 10.5. The standard InChI is InChI=1S/C25H27N5O3/c1-14(2)12-30-24(31)17-7-8-18(20(11-17)25(32)33)21-13-29-10-9-19(21)22(26)15-3-5-16(6-4-15)23(27)28/h3-11,13-14,22H,12,26H2,1-2H3,(H3,27,28)(H,30,31)(H,32,33). The number of carboxylic acids is 1. The van der Waals surface area contributed by atoms with Crippen LogP contribution >= 0.6 is 0 Å². The molecule has 0 saturated carbocycles. The molecule has 1 atom stereocenters. The van der Waals surface area contributed by atoms with E-state index in [1.807, 2.05) is 13.8 Å². The molecule has 0 radical (unpaired) electrons. The van der Waals surface area contributed by atoms with Gasteiger partial charge in [-0.3, -0.25) is 15.2 Å². The van der Waals surface area contributed by atoms with Crippen LogP contribution in [0.5, 0.6) is 0 Å². The molecule has 0 aliphatic heterocycles. The highest BCUT2D eigenvalue weighted by atomic mass is 16.4. The predicted molar refractivity (Wildman–Crippen MR) is 127 cm³/mol. The number of carbonyl (C=O) groups excluding carboxylic acids is 1. The summed E-state index contributed by atoms with van der Waals surface area (Å²) in [5, 5.41) is 20.2. The number of benzene rings is 2. The Bertz CT molecular complexity index is 1190. The third-order valence-corrected chi connectivity index (χ3v) is 5.24. The van der Waals surface area contributed by atoms with E-state index in [1.165, 1.54) is 6.07 Å². The van der Waals surface area contributed by atoms with Crippen LogP contribution in [0.15, 0.2) is 60.9 Å². The maximum Gasteiger partial charge on any atom is 0.336 e. The van der Waals surface area contributed by atoms with E-state index in [2.05, 4.69) is 10.3 Å². The van der Waals surface area contributed by atoms with Gasteiger partial charge < -0.3 is 21.9 Å². The molecule has 0 aliphatic rings. The smallest absolute Gasteiger partial charge is 0.336 e. The number of amidine groups is 1. The molecule has 7 N–H and O–H groups in total. The minimum atomic E-state index is -1.15. The van der Waals surface area contributed by atoms with Gasteiger partial charge in [-0.25, -0.2) is 4.79 Å². The minimum absolute atomic E-state index is 0.0134. The molecule has 3 rings (SSSR count). The maximum absolute atomic E-state index is 12.4. The molecule has 0 saturated heterocycles. The number of hydrogen-bond acceptors (Lipinski definition) is 5. The summed E-state index contributed by atoms with van der Waals surface area (Å²) in [4.78, 5) is 28.7. The van der Waals surface area contributed by atoms with Crippen molar-refractivity contribution in [1.29, 1.82) is 5.41 Å². The Morgan fingerprint density at radius 3 is 2.33 bits per heavy atom. The molecule has 1 heterocycles. The second-order valence-corrected chi connectivity index (χ2v) is 8.15. The lowest BCUT2D eigenvalue weighted by atomic mass is 9.90. The molecule has 33 heavy (non-hydrogen) atoms. The topological polar surface area (TPSA) is 155 Å². The van der Waals surface area contributed by atoms with Crippen LogP contribution in [0, 0.1) is 11.3 Å². The number of nitrogens with one attached hydrogen (secondary N) is 2. The Labute approximate surface area is 192 Å². The van der Waals surface area contributed by atoms with Crippen molar-refractivity contribution < 1.29 is 14.7 Å². The van der Waals surface area contributed by atoms with E-state index >= 15 is 0 Å². The van der Waals surface area contributed by atoms with Gasteiger partial charge in [0.05, 0.1) is 11.6 Å². The van der Waals surface area contributed by atoms with Crippen molar-refractivity contribution in [3.8, 4) is 11.1 Å². The molecule has 1 amide bonds. The van der Waals surface area contributed by atoms with Crippen LogP contribution in [-0.4, -0.2) is 34.3 Å². The van der Waals surface area contributed by atoms with Gasteiger partial charge in [-0.2, -0.15) is 0 Å². The minimum Gasteiger partial charge on any atom is -0.478 e. The van der Waals surface area contributed by atoms with Crippen LogP contribution in [0.25, 0.3) is 11.1 Å². The van der Waals surface area contributed by atoms with Gasteiger partial charge in [-0.15, -0.1) is 0 Å². The molecule has 3 aromatic rings. The maximum atomic E-state index is 12.4. The van der Waals surface area contributed by atoms with Crippen LogP contribution in [0.4, 0.5) is 0 Å². The van der Waals surface area contributed by atoms with E-state index < -0.39 is 12.0 Å². The Balaban J connectivity index is 2.02. The number of carbonyl (C=O) groups is 2. The monoisotopic (exact) mass is 445 g/mol. The SMILES string of the molecule is CC(C)CNC(=O)c1ccc(-c2cnccc2C(N)c2ccc(C(=N)N)cc2)c(C(=O)O)c1. The van der Waals surface area contributed by atoms with Crippen molar-refractivity contribution in [2.24, 2.45) is 17.4 Å². The molecule has 8 heteroatoms. The van der Waals surface area contributed by atoms with Gasteiger partial charge in [0, 0.05) is 35.6 Å². The molecule has 8 nitrogen and oxygen atoms in total. The molecular formula is C25H27N5O3. The summed E-state index contributed by atoms with van der Waals surface area (Å²) in [6, 6.07) is 12.8. The van der Waals surface area contributed by atoms with Crippen molar-refractivity contribution in [2.75, 3.05) is 6.54 Å². The van der Waals surface area contributed by atoms with Crippen molar-refractivity contribution in [3.63, 3.8) is 0 Å². The summed E-state index contributed by atoms with van der Waals surface area (Å²) in [7, 11) is 0. The number of rotatable bonds is 8. The Morgan fingerprint density at radius 1 is 1.06 bits per heavy atom. The summed E-state index contributed by atoms with van der Waals surface area (Å²) >= 11 is 0. The van der Waals surface area contributed by atoms with Gasteiger partial charge in [0.2, 0.25) is 0 Å². The number of amides is 1. The lowest BCUT2D eigenvalue weighted by molar-refractivity contribution is 0.0697. The highest BCUT2D eigenvalue weighted by Gasteiger charge is 2.21. The summed E-state index contributed by atoms with van der Waals surface area (Å²) in [5.41, 5.74) is 15.3. The van der Waals surface area contributed by atoms with Gasteiger partial charge >= 0.3 is 5.97 Å². The fourth-order valence-corrected chi connectivity index (χ4v) is 3.45. The van der Waals surface area contributed by atoms with Gasteiger partial charge in [-0.05, 0) is 40.8 Å². The normalized spacial score (nSPS) is 11.8. The summed E-state index contributed by atoms with van der Waals surface area (Å²) < 4.78 is 0. The van der Waals surface area contributed by atoms with Gasteiger partial charge in [-0.1, -0.05) is 44.2 Å². The van der Waals surface area contributed by atoms with E-state index in [9.17, 15) is 14.7 Å². The molecule has 0 bridgehead atoms. The van der Waals surface area contributed by atoms with Crippen LogP contribution < -0.4 is 16.8 Å². The molecule has 0 aliphatic carbocycles. The summed E-state index contributed by atoms with van der Waals surface area (Å²) in [5.74, 6) is -1.25. The molecule has 0 spiro atoms. The van der Waals surface area contributed by atoms with Gasteiger partial charge in [0.15, 0.2) is 0 Å². The number of nitrogen functional groups attached to an aromatic ring is 1. The van der Waals surface area contributed by atoms with Gasteiger partial charge in [0.25, 0.3) is 5.91 Å². The lowest BCUT2D eigenvalue weighted by Crippen LogP contribution is -2.27. The highest BCUT2D eigenvalue weighted by Crippen LogP contribution is 2.32. The first-order valence-corrected chi connectivity index (χ1v) is 10.5. The zero-order valence-corrected chi connectivity index (χ0v) is 18.5. The average Bonchev–Trinajstić information content (AvgIpc) is 2.81. The molecular weight excluding hydrogens is 418 g/mol. The van der Waals surface area contributed by atoms with E-state index in [-0.39, 0.29) is 28.8 Å². The fraction of sp³-hybridized carbons (Fsp3) is 0.200. The number of hydrogen-bond donors (Lipinski definition) is 5. The zero-order valence-electron chi connectivity index (χ0n) is 18.5. The Kier molecular flexibility index (Phi) is 7.20. The second-order valence-electron chi connectivity index (χ2n) is 8.15. The van der Waals surface area contributed by atoms with E-state index in [0.29, 0.717) is 28.8 Å². The van der Waals surface area contributed by atoms with E-state index in [1.54, 1.807) is 54.9 Å². The lowest BCUT2D eigenvalue weighted by Gasteiger charge is -2.18. The number of aromatic carboxylic acids is 1. The number of aromatic nitrogens is 1. The second kappa shape index (κ2) is 10.1. The third kappa shape index (κ3) is 5.42. The molecule has 1 aromatic heterocycles. The quantitative estimate of drug-likeness (QED) is 0.265. The van der Waals surface area contributed by atoms with Crippen LogP contribution in [0.2, 0.25) is 0 Å². The molecule has 2 aromatic carbocycles. The Morgan fingerprint density at radius 2 is 1.73 bits per heavy atom. The fourth-order valence-electron chi connectivity index (χ4n) is 3.45. The summed E-state index contributed by atoms with van der Waals surface area (Å²) in [6.45, 7) is 4.45. The van der Waals surface area contributed by atoms with Crippen molar-refractivity contribution >= 4 is 17.7 Å². The van der Waals surface area contributed by atoms with Crippen molar-refractivity contribution in [3.05, 3.63) is 88.7 Å². The number of nitrogens with zero attached hydrogens (tertiary/aromatic N) is 1. The van der Waals surface area contributed by atoms with Crippen molar-refractivity contribution in [2.45, 2.75) is 19.9 Å². The molecule has 0 fully saturated rings. The van der Waals surface area contributed by atoms with Crippen molar-refractivity contribution in [1.82, 2.24) is 10.3 Å². The zero-order chi connectivity index (χ0) is 24.1. The number of pyridine rings is 1. The van der Waals surface area contributed by atoms with E-state index in [4.69, 9.17) is 16.9 Å². The van der Waals surface area contributed by atoms with Gasteiger partial charge in [0.1, 0.15) is 5.84 Å². The first-order chi connectivity index (χ1) is 15.7.